The number of benzene rings is 1. The van der Waals surface area contributed by atoms with Gasteiger partial charge in [-0.05, 0) is 64.0 Å². The Kier molecular flexibility index (Phi) is 8.93. The number of rotatable bonds is 11. The number of carbonyl (C=O) groups is 1. The van der Waals surface area contributed by atoms with Crippen LogP contribution in [0.15, 0.2) is 24.3 Å². The SMILES string of the molecule is CCCO[C@](C)(CC(C)C)C(=O)Nc1ccc(OCCN(C)C)cc1. The molecule has 0 aliphatic carbocycles. The van der Waals surface area contributed by atoms with Crippen molar-refractivity contribution in [1.29, 1.82) is 0 Å². The highest BCUT2D eigenvalue weighted by Crippen LogP contribution is 2.24. The van der Waals surface area contributed by atoms with Crippen molar-refractivity contribution in [2.75, 3.05) is 39.2 Å². The number of anilines is 1. The molecule has 1 amide bonds. The third-order valence-electron chi connectivity index (χ3n) is 3.82. The van der Waals surface area contributed by atoms with Crippen LogP contribution in [0, 0.1) is 5.92 Å². The van der Waals surface area contributed by atoms with E-state index in [1.807, 2.05) is 52.2 Å². The van der Waals surface area contributed by atoms with Crippen molar-refractivity contribution >= 4 is 11.6 Å². The van der Waals surface area contributed by atoms with Crippen molar-refractivity contribution < 1.29 is 14.3 Å². The molecule has 5 nitrogen and oxygen atoms in total. The predicted molar refractivity (Wildman–Crippen MR) is 103 cm³/mol. The smallest absolute Gasteiger partial charge is 0.256 e. The van der Waals surface area contributed by atoms with Gasteiger partial charge >= 0.3 is 0 Å². The van der Waals surface area contributed by atoms with Crippen LogP contribution in [0.1, 0.15) is 40.5 Å². The number of hydrogen-bond donors (Lipinski definition) is 1. The van der Waals surface area contributed by atoms with Gasteiger partial charge in [0.05, 0.1) is 0 Å². The molecule has 142 valence electrons. The number of nitrogens with one attached hydrogen (secondary N) is 1. The molecule has 0 radical (unpaired) electrons. The highest BCUT2D eigenvalue weighted by Gasteiger charge is 2.34. The van der Waals surface area contributed by atoms with Crippen LogP contribution in [0.25, 0.3) is 0 Å². The van der Waals surface area contributed by atoms with Crippen LogP contribution in [-0.4, -0.2) is 50.3 Å². The summed E-state index contributed by atoms with van der Waals surface area (Å²) in [4.78, 5) is 14.8. The number of carbonyl (C=O) groups excluding carboxylic acids is 1. The fourth-order valence-corrected chi connectivity index (χ4v) is 2.57. The Hall–Kier alpha value is -1.59. The van der Waals surface area contributed by atoms with Gasteiger partial charge in [-0.1, -0.05) is 20.8 Å². The highest BCUT2D eigenvalue weighted by atomic mass is 16.5. The van der Waals surface area contributed by atoms with Gasteiger partial charge in [-0.15, -0.1) is 0 Å². The van der Waals surface area contributed by atoms with Gasteiger partial charge in [0.1, 0.15) is 18.0 Å². The molecule has 0 saturated heterocycles. The molecule has 0 heterocycles. The summed E-state index contributed by atoms with van der Waals surface area (Å²) in [5, 5.41) is 2.97. The van der Waals surface area contributed by atoms with Crippen LogP contribution in [0.5, 0.6) is 5.75 Å². The van der Waals surface area contributed by atoms with E-state index < -0.39 is 5.60 Å². The summed E-state index contributed by atoms with van der Waals surface area (Å²) < 4.78 is 11.6. The molecule has 1 aromatic rings. The van der Waals surface area contributed by atoms with Gasteiger partial charge in [-0.3, -0.25) is 4.79 Å². The number of hydrogen-bond acceptors (Lipinski definition) is 4. The predicted octanol–water partition coefficient (Wildman–Crippen LogP) is 3.80. The number of amides is 1. The van der Waals surface area contributed by atoms with Crippen molar-refractivity contribution in [3.05, 3.63) is 24.3 Å². The quantitative estimate of drug-likeness (QED) is 0.659. The van der Waals surface area contributed by atoms with E-state index in [1.165, 1.54) is 0 Å². The topological polar surface area (TPSA) is 50.8 Å². The summed E-state index contributed by atoms with van der Waals surface area (Å²) in [5.74, 6) is 1.07. The van der Waals surface area contributed by atoms with Gasteiger partial charge in [-0.25, -0.2) is 0 Å². The molecule has 0 aliphatic rings. The van der Waals surface area contributed by atoms with Crippen molar-refractivity contribution in [1.82, 2.24) is 4.90 Å². The number of ether oxygens (including phenoxy) is 2. The van der Waals surface area contributed by atoms with Crippen molar-refractivity contribution in [2.24, 2.45) is 5.92 Å². The maximum Gasteiger partial charge on any atom is 0.256 e. The molecule has 0 saturated carbocycles. The minimum atomic E-state index is -0.814. The van der Waals surface area contributed by atoms with E-state index in [0.717, 1.165) is 24.4 Å². The van der Waals surface area contributed by atoms with E-state index >= 15 is 0 Å². The zero-order chi connectivity index (χ0) is 18.9. The first kappa shape index (κ1) is 21.5. The van der Waals surface area contributed by atoms with Crippen molar-refractivity contribution in [3.8, 4) is 5.75 Å². The van der Waals surface area contributed by atoms with E-state index in [2.05, 4.69) is 24.1 Å². The molecule has 1 rings (SSSR count). The van der Waals surface area contributed by atoms with E-state index in [4.69, 9.17) is 9.47 Å². The van der Waals surface area contributed by atoms with E-state index in [-0.39, 0.29) is 5.91 Å². The van der Waals surface area contributed by atoms with Crippen LogP contribution >= 0.6 is 0 Å². The van der Waals surface area contributed by atoms with E-state index in [0.29, 0.717) is 25.6 Å². The van der Waals surface area contributed by atoms with Crippen LogP contribution in [0.2, 0.25) is 0 Å². The Labute approximate surface area is 152 Å². The lowest BCUT2D eigenvalue weighted by Crippen LogP contribution is -2.44. The van der Waals surface area contributed by atoms with Crippen molar-refractivity contribution in [2.45, 2.75) is 46.1 Å². The Morgan fingerprint density at radius 1 is 1.20 bits per heavy atom. The molecular weight excluding hydrogens is 316 g/mol. The van der Waals surface area contributed by atoms with Crippen LogP contribution in [-0.2, 0) is 9.53 Å². The molecule has 0 spiro atoms. The molecule has 1 atom stereocenters. The maximum absolute atomic E-state index is 12.7. The standard InChI is InChI=1S/C20H34N2O3/c1-7-13-25-20(4,15-16(2)3)19(23)21-17-8-10-18(11-9-17)24-14-12-22(5)6/h8-11,16H,7,12-15H2,1-6H3,(H,21,23)/t20-/m1/s1. The summed E-state index contributed by atoms with van der Waals surface area (Å²) in [6, 6.07) is 7.47. The summed E-state index contributed by atoms with van der Waals surface area (Å²) in [5.41, 5.74) is -0.0644. The van der Waals surface area contributed by atoms with E-state index in [1.54, 1.807) is 0 Å². The van der Waals surface area contributed by atoms with Crippen LogP contribution < -0.4 is 10.1 Å². The Morgan fingerprint density at radius 2 is 1.84 bits per heavy atom. The van der Waals surface area contributed by atoms with Gasteiger partial charge in [0, 0.05) is 18.8 Å². The third-order valence-corrected chi connectivity index (χ3v) is 3.82. The molecule has 25 heavy (non-hydrogen) atoms. The molecule has 1 aromatic carbocycles. The zero-order valence-corrected chi connectivity index (χ0v) is 16.6. The molecule has 0 fully saturated rings. The average Bonchev–Trinajstić information content (AvgIpc) is 2.53. The van der Waals surface area contributed by atoms with Gasteiger partial charge < -0.3 is 19.7 Å². The summed E-state index contributed by atoms with van der Waals surface area (Å²) in [7, 11) is 4.02. The van der Waals surface area contributed by atoms with Crippen molar-refractivity contribution in [3.63, 3.8) is 0 Å². The summed E-state index contributed by atoms with van der Waals surface area (Å²) in [6.45, 7) is 10.2. The Balaban J connectivity index is 2.66. The fourth-order valence-electron chi connectivity index (χ4n) is 2.57. The Bertz CT molecular complexity index is 514. The van der Waals surface area contributed by atoms with Gasteiger partial charge in [0.15, 0.2) is 0 Å². The molecule has 0 aliphatic heterocycles. The van der Waals surface area contributed by atoms with Gasteiger partial charge in [0.25, 0.3) is 5.91 Å². The fraction of sp³-hybridized carbons (Fsp3) is 0.650. The molecular formula is C20H34N2O3. The molecule has 0 bridgehead atoms. The lowest BCUT2D eigenvalue weighted by molar-refractivity contribution is -0.141. The minimum Gasteiger partial charge on any atom is -0.492 e. The van der Waals surface area contributed by atoms with E-state index in [9.17, 15) is 4.79 Å². The molecule has 0 unspecified atom stereocenters. The zero-order valence-electron chi connectivity index (χ0n) is 16.6. The summed E-state index contributed by atoms with van der Waals surface area (Å²) >= 11 is 0. The summed E-state index contributed by atoms with van der Waals surface area (Å²) in [6.07, 6.45) is 1.57. The normalized spacial score (nSPS) is 13.8. The maximum atomic E-state index is 12.7. The average molecular weight is 351 g/mol. The first-order valence-corrected chi connectivity index (χ1v) is 9.10. The first-order valence-electron chi connectivity index (χ1n) is 9.10. The lowest BCUT2D eigenvalue weighted by atomic mass is 9.93. The minimum absolute atomic E-state index is 0.101. The first-order chi connectivity index (χ1) is 11.8. The Morgan fingerprint density at radius 3 is 2.36 bits per heavy atom. The highest BCUT2D eigenvalue weighted by molar-refractivity contribution is 5.97. The molecule has 5 heteroatoms. The number of likely N-dealkylation sites (N-methyl/N-ethyl adjacent to an activating group) is 1. The second kappa shape index (κ2) is 10.4. The third kappa shape index (κ3) is 7.88. The number of nitrogens with zero attached hydrogens (tertiary/aromatic N) is 1. The molecule has 1 N–H and O–H groups in total. The molecule has 0 aromatic heterocycles. The monoisotopic (exact) mass is 350 g/mol. The van der Waals surface area contributed by atoms with Crippen LogP contribution in [0.3, 0.4) is 0 Å². The van der Waals surface area contributed by atoms with Crippen LogP contribution in [0.4, 0.5) is 5.69 Å². The van der Waals surface area contributed by atoms with Gasteiger partial charge in [0.2, 0.25) is 0 Å². The largest absolute Gasteiger partial charge is 0.492 e. The lowest BCUT2D eigenvalue weighted by Gasteiger charge is -2.30. The second-order valence-electron chi connectivity index (χ2n) is 7.31. The second-order valence-corrected chi connectivity index (χ2v) is 7.31. The van der Waals surface area contributed by atoms with Gasteiger partial charge in [-0.2, -0.15) is 0 Å².